The molecular formula is C26H25F4N3O3. The maximum absolute atomic E-state index is 14.8. The lowest BCUT2D eigenvalue weighted by atomic mass is 10.1. The Labute approximate surface area is 205 Å². The van der Waals surface area contributed by atoms with Crippen molar-refractivity contribution in [2.75, 3.05) is 13.1 Å². The van der Waals surface area contributed by atoms with Crippen LogP contribution in [-0.4, -0.2) is 51.2 Å². The first-order valence-corrected chi connectivity index (χ1v) is 11.4. The molecule has 3 aromatic rings. The molecule has 0 spiro atoms. The van der Waals surface area contributed by atoms with Gasteiger partial charge in [-0.05, 0) is 67.3 Å². The average Bonchev–Trinajstić information content (AvgIpc) is 3.20. The maximum atomic E-state index is 14.8. The van der Waals surface area contributed by atoms with Gasteiger partial charge in [0, 0.05) is 24.3 Å². The largest absolute Gasteiger partial charge is 0.573 e. The molecule has 0 saturated carbocycles. The Bertz CT molecular complexity index is 1240. The third kappa shape index (κ3) is 6.51. The summed E-state index contributed by atoms with van der Waals surface area (Å²) >= 11 is 0. The normalized spacial score (nSPS) is 15.3. The Morgan fingerprint density at radius 3 is 2.50 bits per heavy atom. The SMILES string of the molecule is Cc1cc(C(F)=Cc2ccc(OC(F)(F)F)cc2)nn1Cc1cccc(C(=O)N2CCC(O)CC2)c1. The lowest BCUT2D eigenvalue weighted by Gasteiger charge is -2.29. The Kier molecular flexibility index (Phi) is 7.44. The minimum absolute atomic E-state index is 0.0854. The number of aliphatic hydroxyl groups excluding tert-OH is 1. The molecule has 2 aromatic carbocycles. The highest BCUT2D eigenvalue weighted by Gasteiger charge is 2.31. The Morgan fingerprint density at radius 1 is 1.14 bits per heavy atom. The Balaban J connectivity index is 1.45. The number of likely N-dealkylation sites (tertiary alicyclic amines) is 1. The van der Waals surface area contributed by atoms with Crippen LogP contribution < -0.4 is 4.74 Å². The molecule has 6 nitrogen and oxygen atoms in total. The summed E-state index contributed by atoms with van der Waals surface area (Å²) in [5, 5.41) is 14.0. The molecule has 1 saturated heterocycles. The van der Waals surface area contributed by atoms with Crippen LogP contribution in [0, 0.1) is 6.92 Å². The molecule has 0 atom stereocenters. The number of aromatic nitrogens is 2. The summed E-state index contributed by atoms with van der Waals surface area (Å²) in [6, 6.07) is 13.6. The van der Waals surface area contributed by atoms with Gasteiger partial charge in [-0.25, -0.2) is 4.39 Å². The molecule has 36 heavy (non-hydrogen) atoms. The lowest BCUT2D eigenvalue weighted by Crippen LogP contribution is -2.40. The number of nitrogens with zero attached hydrogens (tertiary/aromatic N) is 3. The molecule has 10 heteroatoms. The molecule has 1 aromatic heterocycles. The van der Waals surface area contributed by atoms with Crippen molar-refractivity contribution < 1.29 is 32.2 Å². The van der Waals surface area contributed by atoms with Gasteiger partial charge < -0.3 is 14.7 Å². The summed E-state index contributed by atoms with van der Waals surface area (Å²) in [6.07, 6.45) is -2.86. The van der Waals surface area contributed by atoms with Gasteiger partial charge in [0.25, 0.3) is 5.91 Å². The number of alkyl halides is 3. The van der Waals surface area contributed by atoms with Crippen LogP contribution in [0.25, 0.3) is 11.9 Å². The van der Waals surface area contributed by atoms with Crippen molar-refractivity contribution in [2.45, 2.75) is 38.8 Å². The third-order valence-electron chi connectivity index (χ3n) is 5.89. The summed E-state index contributed by atoms with van der Waals surface area (Å²) in [4.78, 5) is 14.6. The minimum atomic E-state index is -4.79. The van der Waals surface area contributed by atoms with E-state index in [-0.39, 0.29) is 17.7 Å². The number of hydrogen-bond acceptors (Lipinski definition) is 4. The quantitative estimate of drug-likeness (QED) is 0.470. The number of aryl methyl sites for hydroxylation is 1. The van der Waals surface area contributed by atoms with Crippen LogP contribution in [0.5, 0.6) is 5.75 Å². The minimum Gasteiger partial charge on any atom is -0.406 e. The van der Waals surface area contributed by atoms with E-state index in [1.165, 1.54) is 18.2 Å². The molecule has 4 rings (SSSR count). The van der Waals surface area contributed by atoms with Crippen molar-refractivity contribution in [3.8, 4) is 5.75 Å². The topological polar surface area (TPSA) is 67.6 Å². The van der Waals surface area contributed by atoms with E-state index in [9.17, 15) is 27.5 Å². The number of halogens is 4. The van der Waals surface area contributed by atoms with Crippen molar-refractivity contribution >= 4 is 17.8 Å². The molecule has 1 amide bonds. The summed E-state index contributed by atoms with van der Waals surface area (Å²) in [5.41, 5.74) is 2.50. The van der Waals surface area contributed by atoms with Gasteiger partial charge in [0.1, 0.15) is 11.4 Å². The lowest BCUT2D eigenvalue weighted by molar-refractivity contribution is -0.274. The first kappa shape index (κ1) is 25.4. The van der Waals surface area contributed by atoms with E-state index in [1.54, 1.807) is 40.8 Å². The molecule has 190 valence electrons. The fourth-order valence-corrected chi connectivity index (χ4v) is 4.00. The fourth-order valence-electron chi connectivity index (χ4n) is 4.00. The second-order valence-corrected chi connectivity index (χ2v) is 8.66. The number of benzene rings is 2. The van der Waals surface area contributed by atoms with E-state index >= 15 is 0 Å². The molecule has 0 unspecified atom stereocenters. The summed E-state index contributed by atoms with van der Waals surface area (Å²) in [6.45, 7) is 3.12. The smallest absolute Gasteiger partial charge is 0.406 e. The highest BCUT2D eigenvalue weighted by atomic mass is 19.4. The fraction of sp³-hybridized carbons (Fsp3) is 0.308. The first-order chi connectivity index (χ1) is 17.1. The zero-order valence-electron chi connectivity index (χ0n) is 19.5. The van der Waals surface area contributed by atoms with E-state index in [0.717, 1.165) is 17.7 Å². The van der Waals surface area contributed by atoms with Gasteiger partial charge in [-0.1, -0.05) is 24.3 Å². The molecule has 1 aliphatic rings. The van der Waals surface area contributed by atoms with Crippen LogP contribution in [0.3, 0.4) is 0 Å². The van der Waals surface area contributed by atoms with Crippen LogP contribution >= 0.6 is 0 Å². The van der Waals surface area contributed by atoms with Gasteiger partial charge in [0.2, 0.25) is 0 Å². The van der Waals surface area contributed by atoms with Gasteiger partial charge in [-0.3, -0.25) is 9.48 Å². The molecule has 1 aliphatic heterocycles. The molecular weight excluding hydrogens is 478 g/mol. The zero-order valence-corrected chi connectivity index (χ0v) is 19.5. The number of hydrogen-bond donors (Lipinski definition) is 1. The van der Waals surface area contributed by atoms with Crippen molar-refractivity contribution in [3.05, 3.63) is 82.7 Å². The summed E-state index contributed by atoms with van der Waals surface area (Å²) in [5.74, 6) is -1.13. The first-order valence-electron chi connectivity index (χ1n) is 11.4. The Hall–Kier alpha value is -3.66. The standard InChI is InChI=1S/C26H25F4N3O3/c1-17-13-24(23(27)15-18-5-7-22(8-6-18)36-26(28,29)30)31-33(17)16-19-3-2-4-20(14-19)25(35)32-11-9-21(34)10-12-32/h2-8,13-15,21,34H,9-12,16H2,1H3. The van der Waals surface area contributed by atoms with E-state index in [0.29, 0.717) is 49.3 Å². The molecule has 2 heterocycles. The second-order valence-electron chi connectivity index (χ2n) is 8.66. The van der Waals surface area contributed by atoms with E-state index in [2.05, 4.69) is 9.84 Å². The molecule has 1 N–H and O–H groups in total. The van der Waals surface area contributed by atoms with Crippen molar-refractivity contribution in [1.29, 1.82) is 0 Å². The molecule has 1 fully saturated rings. The zero-order chi connectivity index (χ0) is 25.9. The Morgan fingerprint density at radius 2 is 1.83 bits per heavy atom. The number of carbonyl (C=O) groups excluding carboxylic acids is 1. The molecule has 0 bridgehead atoms. The van der Waals surface area contributed by atoms with Crippen LogP contribution in [0.2, 0.25) is 0 Å². The predicted octanol–water partition coefficient (Wildman–Crippen LogP) is 5.20. The van der Waals surface area contributed by atoms with Crippen LogP contribution in [0.15, 0.2) is 54.6 Å². The van der Waals surface area contributed by atoms with Gasteiger partial charge in [0.05, 0.1) is 12.6 Å². The number of carbonyl (C=O) groups is 1. The summed E-state index contributed by atoms with van der Waals surface area (Å²) in [7, 11) is 0. The van der Waals surface area contributed by atoms with Crippen molar-refractivity contribution in [1.82, 2.24) is 14.7 Å². The van der Waals surface area contributed by atoms with E-state index in [4.69, 9.17) is 0 Å². The number of ether oxygens (including phenoxy) is 1. The van der Waals surface area contributed by atoms with Gasteiger partial charge in [0.15, 0.2) is 5.83 Å². The highest BCUT2D eigenvalue weighted by Crippen LogP contribution is 2.25. The monoisotopic (exact) mass is 503 g/mol. The molecule has 0 aliphatic carbocycles. The second kappa shape index (κ2) is 10.5. The summed E-state index contributed by atoms with van der Waals surface area (Å²) < 4.78 is 57.2. The highest BCUT2D eigenvalue weighted by molar-refractivity contribution is 5.94. The maximum Gasteiger partial charge on any atom is 0.573 e. The number of piperidine rings is 1. The van der Waals surface area contributed by atoms with E-state index < -0.39 is 17.9 Å². The third-order valence-corrected chi connectivity index (χ3v) is 5.89. The van der Waals surface area contributed by atoms with Gasteiger partial charge >= 0.3 is 6.36 Å². The predicted molar refractivity (Wildman–Crippen MR) is 126 cm³/mol. The van der Waals surface area contributed by atoms with Gasteiger partial charge in [-0.2, -0.15) is 5.10 Å². The van der Waals surface area contributed by atoms with Crippen molar-refractivity contribution in [3.63, 3.8) is 0 Å². The van der Waals surface area contributed by atoms with E-state index in [1.807, 2.05) is 6.07 Å². The number of aliphatic hydroxyl groups is 1. The van der Waals surface area contributed by atoms with Crippen LogP contribution in [0.4, 0.5) is 17.6 Å². The van der Waals surface area contributed by atoms with Crippen molar-refractivity contribution in [2.24, 2.45) is 0 Å². The molecule has 0 radical (unpaired) electrons. The van der Waals surface area contributed by atoms with Gasteiger partial charge in [-0.15, -0.1) is 13.2 Å². The average molecular weight is 503 g/mol. The number of rotatable bonds is 6. The van der Waals surface area contributed by atoms with Crippen LogP contribution in [0.1, 0.15) is 45.7 Å². The van der Waals surface area contributed by atoms with Crippen LogP contribution in [-0.2, 0) is 6.54 Å². The number of amides is 1.